The van der Waals surface area contributed by atoms with Crippen molar-refractivity contribution in [3.8, 4) is 11.3 Å². The lowest BCUT2D eigenvalue weighted by atomic mass is 9.85. The van der Waals surface area contributed by atoms with Gasteiger partial charge in [-0.2, -0.15) is 0 Å². The molecule has 0 bridgehead atoms. The van der Waals surface area contributed by atoms with Gasteiger partial charge in [0.2, 0.25) is 0 Å². The van der Waals surface area contributed by atoms with Gasteiger partial charge in [-0.05, 0) is 50.4 Å². The van der Waals surface area contributed by atoms with Gasteiger partial charge in [0.05, 0.1) is 11.7 Å². The van der Waals surface area contributed by atoms with E-state index < -0.39 is 0 Å². The Bertz CT molecular complexity index is 1200. The first kappa shape index (κ1) is 24.1. The number of hydrogen-bond acceptors (Lipinski definition) is 7. The number of nitrogens with one attached hydrogen (secondary N) is 3. The molecule has 1 aromatic carbocycles. The van der Waals surface area contributed by atoms with Crippen molar-refractivity contribution in [2.75, 3.05) is 26.2 Å². The minimum Gasteiger partial charge on any atom is -0.356 e. The van der Waals surface area contributed by atoms with Gasteiger partial charge in [-0.3, -0.25) is 15.3 Å². The van der Waals surface area contributed by atoms with Crippen LogP contribution in [0.3, 0.4) is 0 Å². The van der Waals surface area contributed by atoms with Crippen LogP contribution in [0.5, 0.6) is 0 Å². The summed E-state index contributed by atoms with van der Waals surface area (Å²) in [4.78, 5) is 21.9. The third-order valence-electron chi connectivity index (χ3n) is 8.10. The van der Waals surface area contributed by atoms with Gasteiger partial charge in [-0.1, -0.05) is 35.5 Å². The summed E-state index contributed by atoms with van der Waals surface area (Å²) in [7, 11) is 0. The molecule has 4 atom stereocenters. The van der Waals surface area contributed by atoms with Crippen molar-refractivity contribution in [3.05, 3.63) is 71.7 Å². The Hall–Kier alpha value is -3.27. The Morgan fingerprint density at radius 3 is 2.76 bits per heavy atom. The van der Waals surface area contributed by atoms with Crippen molar-refractivity contribution in [2.24, 2.45) is 5.92 Å². The minimum atomic E-state index is 0.0526. The van der Waals surface area contributed by atoms with Crippen LogP contribution < -0.4 is 16.2 Å². The Labute approximate surface area is 217 Å². The molecule has 3 N–H and O–H groups in total. The van der Waals surface area contributed by atoms with E-state index in [4.69, 9.17) is 4.52 Å². The quantitative estimate of drug-likeness (QED) is 0.494. The number of carbonyl (C=O) groups excluding carboxylic acids is 1. The average Bonchev–Trinajstić information content (AvgIpc) is 3.53. The fraction of sp³-hybridized carbons (Fsp3) is 0.464. The molecule has 0 radical (unpaired) electrons. The molecule has 0 spiro atoms. The maximum Gasteiger partial charge on any atom is 0.317 e. The maximum absolute atomic E-state index is 13.3. The van der Waals surface area contributed by atoms with Crippen molar-refractivity contribution in [1.29, 1.82) is 0 Å². The van der Waals surface area contributed by atoms with Crippen LogP contribution in [-0.4, -0.2) is 64.2 Å². The molecule has 3 unspecified atom stereocenters. The number of likely N-dealkylation sites (tertiary alicyclic amines) is 2. The molecule has 3 aromatic rings. The lowest BCUT2D eigenvalue weighted by Gasteiger charge is -2.38. The summed E-state index contributed by atoms with van der Waals surface area (Å²) < 4.78 is 5.70. The molecular formula is C28H35N7O2. The van der Waals surface area contributed by atoms with E-state index in [9.17, 15) is 4.79 Å². The molecule has 194 valence electrons. The number of hydrazine groups is 1. The monoisotopic (exact) mass is 501 g/mol. The third-order valence-corrected chi connectivity index (χ3v) is 8.10. The highest BCUT2D eigenvalue weighted by Gasteiger charge is 2.41. The second kappa shape index (κ2) is 10.6. The smallest absolute Gasteiger partial charge is 0.317 e. The number of urea groups is 1. The number of amides is 2. The lowest BCUT2D eigenvalue weighted by molar-refractivity contribution is 0.139. The summed E-state index contributed by atoms with van der Waals surface area (Å²) in [5.41, 5.74) is 11.2. The molecule has 3 saturated heterocycles. The summed E-state index contributed by atoms with van der Waals surface area (Å²) in [6.45, 7) is 6.10. The van der Waals surface area contributed by atoms with Crippen LogP contribution in [0.15, 0.2) is 59.4 Å². The molecule has 5 heterocycles. The molecule has 9 heteroatoms. The van der Waals surface area contributed by atoms with E-state index in [1.54, 1.807) is 0 Å². The number of pyridine rings is 1. The van der Waals surface area contributed by atoms with Crippen LogP contribution in [0.25, 0.3) is 11.3 Å². The summed E-state index contributed by atoms with van der Waals surface area (Å²) in [6, 6.07) is 15.0. The fourth-order valence-corrected chi connectivity index (χ4v) is 6.09. The van der Waals surface area contributed by atoms with E-state index in [0.717, 1.165) is 74.6 Å². The molecule has 2 amide bonds. The van der Waals surface area contributed by atoms with Crippen molar-refractivity contribution in [1.82, 2.24) is 36.1 Å². The Morgan fingerprint density at radius 1 is 1.08 bits per heavy atom. The van der Waals surface area contributed by atoms with Crippen LogP contribution >= 0.6 is 0 Å². The summed E-state index contributed by atoms with van der Waals surface area (Å²) in [6.07, 6.45) is 6.66. The molecule has 9 nitrogen and oxygen atoms in total. The van der Waals surface area contributed by atoms with E-state index >= 15 is 0 Å². The standard InChI is InChI=1S/C28H35N7O2/c1-19-23(27(37-33-19)21-6-3-2-4-7-21)17-34-14-5-8-22(16-34)30-28(36)35-15-11-25-24(18-35)26(32-31-25)20-9-12-29-13-10-20/h2-4,6-7,9-10,12-13,22,24-26,31-32H,5,8,11,14-18H2,1H3,(H,30,36)/t22-,24?,25?,26?/m1/s1. The molecular weight excluding hydrogens is 466 g/mol. The van der Waals surface area contributed by atoms with Crippen LogP contribution in [0.2, 0.25) is 0 Å². The van der Waals surface area contributed by atoms with Crippen molar-refractivity contribution in [2.45, 2.75) is 50.9 Å². The molecule has 3 aliphatic rings. The molecule has 0 aliphatic carbocycles. The predicted molar refractivity (Wildman–Crippen MR) is 140 cm³/mol. The zero-order valence-corrected chi connectivity index (χ0v) is 21.3. The van der Waals surface area contributed by atoms with E-state index in [1.807, 2.05) is 42.4 Å². The van der Waals surface area contributed by atoms with Gasteiger partial charge in [0.15, 0.2) is 5.76 Å². The average molecular weight is 502 g/mol. The number of benzene rings is 1. The zero-order chi connectivity index (χ0) is 25.2. The second-order valence-electron chi connectivity index (χ2n) is 10.5. The number of carbonyl (C=O) groups is 1. The first-order chi connectivity index (χ1) is 18.2. The molecule has 3 aliphatic heterocycles. The molecule has 37 heavy (non-hydrogen) atoms. The van der Waals surface area contributed by atoms with Gasteiger partial charge in [0, 0.05) is 67.7 Å². The van der Waals surface area contributed by atoms with Crippen LogP contribution in [-0.2, 0) is 6.54 Å². The first-order valence-electron chi connectivity index (χ1n) is 13.3. The molecule has 3 fully saturated rings. The molecule has 6 rings (SSSR count). The number of fused-ring (bicyclic) bond motifs is 1. The lowest BCUT2D eigenvalue weighted by Crippen LogP contribution is -2.55. The zero-order valence-electron chi connectivity index (χ0n) is 21.3. The number of aryl methyl sites for hydroxylation is 1. The fourth-order valence-electron chi connectivity index (χ4n) is 6.09. The number of rotatable bonds is 5. The molecule has 2 aromatic heterocycles. The number of nitrogens with zero attached hydrogens (tertiary/aromatic N) is 4. The number of aromatic nitrogens is 2. The third kappa shape index (κ3) is 5.12. The summed E-state index contributed by atoms with van der Waals surface area (Å²) >= 11 is 0. The first-order valence-corrected chi connectivity index (χ1v) is 13.3. The van der Waals surface area contributed by atoms with E-state index in [0.29, 0.717) is 12.0 Å². The molecule has 0 saturated carbocycles. The SMILES string of the molecule is Cc1noc(-c2ccccc2)c1CN1CCC[C@@H](NC(=O)N2CCC3NNC(c4ccncc4)C3C2)C1. The van der Waals surface area contributed by atoms with Crippen LogP contribution in [0, 0.1) is 12.8 Å². The second-order valence-corrected chi connectivity index (χ2v) is 10.5. The van der Waals surface area contributed by atoms with E-state index in [2.05, 4.69) is 55.5 Å². The van der Waals surface area contributed by atoms with Gasteiger partial charge in [-0.15, -0.1) is 0 Å². The van der Waals surface area contributed by atoms with Crippen LogP contribution in [0.4, 0.5) is 4.79 Å². The summed E-state index contributed by atoms with van der Waals surface area (Å²) in [5, 5.41) is 7.60. The van der Waals surface area contributed by atoms with Crippen LogP contribution in [0.1, 0.15) is 42.1 Å². The normalized spacial score (nSPS) is 26.1. The topological polar surface area (TPSA) is 98.6 Å². The van der Waals surface area contributed by atoms with Crippen molar-refractivity contribution < 1.29 is 9.32 Å². The minimum absolute atomic E-state index is 0.0526. The Balaban J connectivity index is 1.07. The van der Waals surface area contributed by atoms with Crippen molar-refractivity contribution in [3.63, 3.8) is 0 Å². The van der Waals surface area contributed by atoms with Crippen molar-refractivity contribution >= 4 is 6.03 Å². The van der Waals surface area contributed by atoms with Gasteiger partial charge in [-0.25, -0.2) is 10.2 Å². The van der Waals surface area contributed by atoms with E-state index in [1.165, 1.54) is 5.56 Å². The number of hydrogen-bond donors (Lipinski definition) is 3. The highest BCUT2D eigenvalue weighted by molar-refractivity contribution is 5.74. The summed E-state index contributed by atoms with van der Waals surface area (Å²) in [5.74, 6) is 1.17. The highest BCUT2D eigenvalue weighted by Crippen LogP contribution is 2.33. The Morgan fingerprint density at radius 2 is 1.92 bits per heavy atom. The largest absolute Gasteiger partial charge is 0.356 e. The maximum atomic E-state index is 13.3. The van der Waals surface area contributed by atoms with Gasteiger partial charge in [0.1, 0.15) is 0 Å². The Kier molecular flexibility index (Phi) is 6.91. The van der Waals surface area contributed by atoms with Gasteiger partial charge < -0.3 is 14.7 Å². The van der Waals surface area contributed by atoms with E-state index in [-0.39, 0.29) is 18.1 Å². The number of piperidine rings is 2. The highest BCUT2D eigenvalue weighted by atomic mass is 16.5. The predicted octanol–water partition coefficient (Wildman–Crippen LogP) is 3.26. The van der Waals surface area contributed by atoms with Gasteiger partial charge in [0.25, 0.3) is 0 Å². The van der Waals surface area contributed by atoms with Gasteiger partial charge >= 0.3 is 6.03 Å².